The van der Waals surface area contributed by atoms with Gasteiger partial charge in [-0.25, -0.2) is 4.98 Å². The number of hydrogen-bond acceptors (Lipinski definition) is 5. The normalized spacial score (nSPS) is 13.9. The number of thiazole rings is 1. The molecule has 7 heteroatoms. The van der Waals surface area contributed by atoms with Gasteiger partial charge < -0.3 is 14.4 Å². The maximum atomic E-state index is 12.6. The molecule has 0 saturated heterocycles. The van der Waals surface area contributed by atoms with Gasteiger partial charge in [-0.3, -0.25) is 9.59 Å². The zero-order valence-electron chi connectivity index (χ0n) is 12.9. The molecule has 22 heavy (non-hydrogen) atoms. The Balaban J connectivity index is 1.82. The summed E-state index contributed by atoms with van der Waals surface area (Å²) in [5, 5.41) is 0.966. The van der Waals surface area contributed by atoms with Crippen molar-refractivity contribution in [3.8, 4) is 0 Å². The fourth-order valence-electron chi connectivity index (χ4n) is 2.41. The summed E-state index contributed by atoms with van der Waals surface area (Å²) in [5.41, 5.74) is 1.36. The van der Waals surface area contributed by atoms with Crippen molar-refractivity contribution in [1.29, 1.82) is 0 Å². The van der Waals surface area contributed by atoms with Gasteiger partial charge in [-0.05, 0) is 6.07 Å². The first-order valence-electron chi connectivity index (χ1n) is 7.07. The Labute approximate surface area is 132 Å². The quantitative estimate of drug-likeness (QED) is 0.832. The number of aryl methyl sites for hydroxylation is 1. The number of aromatic nitrogens is 2. The first-order chi connectivity index (χ1) is 10.5. The monoisotopic (exact) mass is 318 g/mol. The largest absolute Gasteiger partial charge is 0.354 e. The number of nitrogens with zero attached hydrogens (tertiary/aromatic N) is 4. The van der Waals surface area contributed by atoms with E-state index >= 15 is 0 Å². The van der Waals surface area contributed by atoms with Crippen molar-refractivity contribution < 1.29 is 4.79 Å². The minimum atomic E-state index is -0.170. The van der Waals surface area contributed by atoms with Crippen molar-refractivity contribution in [2.45, 2.75) is 13.0 Å². The lowest BCUT2D eigenvalue weighted by atomic mass is 10.1. The van der Waals surface area contributed by atoms with E-state index in [1.54, 1.807) is 35.5 Å². The van der Waals surface area contributed by atoms with Crippen molar-refractivity contribution in [1.82, 2.24) is 14.5 Å². The van der Waals surface area contributed by atoms with Crippen LogP contribution >= 0.6 is 11.3 Å². The summed E-state index contributed by atoms with van der Waals surface area (Å²) in [5.74, 6) is -0.0943. The Morgan fingerprint density at radius 1 is 1.41 bits per heavy atom. The molecule has 0 aliphatic carbocycles. The molecule has 0 N–H and O–H groups in total. The Bertz CT molecular complexity index is 778. The summed E-state index contributed by atoms with van der Waals surface area (Å²) in [6, 6.07) is 3.09. The Morgan fingerprint density at radius 3 is 2.86 bits per heavy atom. The molecule has 0 saturated carbocycles. The van der Waals surface area contributed by atoms with E-state index < -0.39 is 0 Å². The lowest BCUT2D eigenvalue weighted by molar-refractivity contribution is 0.0736. The van der Waals surface area contributed by atoms with Crippen LogP contribution in [0.15, 0.2) is 23.1 Å². The molecule has 6 nitrogen and oxygen atoms in total. The van der Waals surface area contributed by atoms with Crippen LogP contribution in [0.25, 0.3) is 0 Å². The molecule has 0 fully saturated rings. The highest BCUT2D eigenvalue weighted by Crippen LogP contribution is 2.30. The third-order valence-corrected chi connectivity index (χ3v) is 4.99. The van der Waals surface area contributed by atoms with E-state index in [-0.39, 0.29) is 11.5 Å². The summed E-state index contributed by atoms with van der Waals surface area (Å²) in [6.45, 7) is 1.20. The van der Waals surface area contributed by atoms with Gasteiger partial charge in [0.05, 0.1) is 12.2 Å². The van der Waals surface area contributed by atoms with Crippen LogP contribution < -0.4 is 10.5 Å². The molecule has 0 unspecified atom stereocenters. The van der Waals surface area contributed by atoms with E-state index in [2.05, 4.69) is 4.98 Å². The number of carbonyl (C=O) groups is 1. The van der Waals surface area contributed by atoms with Crippen LogP contribution in [0.4, 0.5) is 5.13 Å². The van der Waals surface area contributed by atoms with Gasteiger partial charge in [-0.15, -0.1) is 0 Å². The van der Waals surface area contributed by atoms with Crippen LogP contribution in [0.5, 0.6) is 0 Å². The van der Waals surface area contributed by atoms with Crippen LogP contribution in [0, 0.1) is 0 Å². The molecule has 1 amide bonds. The number of anilines is 1. The molecule has 2 aromatic heterocycles. The summed E-state index contributed by atoms with van der Waals surface area (Å²) in [7, 11) is 5.60. The average molecular weight is 318 g/mol. The summed E-state index contributed by atoms with van der Waals surface area (Å²) in [4.78, 5) is 33.7. The molecule has 0 atom stereocenters. The zero-order valence-corrected chi connectivity index (χ0v) is 13.7. The van der Waals surface area contributed by atoms with Crippen molar-refractivity contribution in [3.05, 3.63) is 44.8 Å². The molecule has 0 spiro atoms. The molecule has 1 aliphatic heterocycles. The van der Waals surface area contributed by atoms with E-state index in [9.17, 15) is 9.59 Å². The van der Waals surface area contributed by atoms with E-state index in [1.807, 2.05) is 19.0 Å². The molecular formula is C15H18N4O2S. The Morgan fingerprint density at radius 2 is 2.18 bits per heavy atom. The topological polar surface area (TPSA) is 58.4 Å². The first kappa shape index (κ1) is 14.8. The first-order valence-corrected chi connectivity index (χ1v) is 7.89. The number of pyridine rings is 1. The van der Waals surface area contributed by atoms with Crippen LogP contribution in [0.1, 0.15) is 20.9 Å². The SMILES string of the molecule is CN(C)c1nc2c(s1)CN(C(=O)c1ccn(C)c(=O)c1)CC2. The second-order valence-corrected chi connectivity index (χ2v) is 6.66. The molecular weight excluding hydrogens is 300 g/mol. The Hall–Kier alpha value is -2.15. The van der Waals surface area contributed by atoms with Crippen molar-refractivity contribution in [2.75, 3.05) is 25.5 Å². The molecule has 1 aliphatic rings. The van der Waals surface area contributed by atoms with Crippen molar-refractivity contribution >= 4 is 22.4 Å². The predicted octanol–water partition coefficient (Wildman–Crippen LogP) is 1.11. The summed E-state index contributed by atoms with van der Waals surface area (Å²) < 4.78 is 1.46. The minimum absolute atomic E-state index is 0.0943. The van der Waals surface area contributed by atoms with Gasteiger partial charge in [-0.2, -0.15) is 0 Å². The van der Waals surface area contributed by atoms with Crippen molar-refractivity contribution in [3.63, 3.8) is 0 Å². The van der Waals surface area contributed by atoms with Gasteiger partial charge in [0.15, 0.2) is 5.13 Å². The fraction of sp³-hybridized carbons (Fsp3) is 0.400. The molecule has 0 radical (unpaired) electrons. The third kappa shape index (κ3) is 2.64. The van der Waals surface area contributed by atoms with Gasteiger partial charge in [-0.1, -0.05) is 11.3 Å². The molecule has 0 bridgehead atoms. The molecule has 2 aromatic rings. The molecule has 0 aromatic carbocycles. The number of rotatable bonds is 2. The van der Waals surface area contributed by atoms with Crippen molar-refractivity contribution in [2.24, 2.45) is 7.05 Å². The van der Waals surface area contributed by atoms with Crippen LogP contribution in [-0.2, 0) is 20.0 Å². The van der Waals surface area contributed by atoms with Gasteiger partial charge in [0.2, 0.25) is 0 Å². The predicted molar refractivity (Wildman–Crippen MR) is 86.6 cm³/mol. The maximum absolute atomic E-state index is 12.6. The second kappa shape index (κ2) is 5.57. The smallest absolute Gasteiger partial charge is 0.254 e. The molecule has 3 heterocycles. The van der Waals surface area contributed by atoms with Gasteiger partial charge >= 0.3 is 0 Å². The highest BCUT2D eigenvalue weighted by atomic mass is 32.1. The van der Waals surface area contributed by atoms with Crippen LogP contribution in [-0.4, -0.2) is 41.0 Å². The standard InChI is InChI=1S/C15H18N4O2S/c1-17(2)15-16-11-5-7-19(9-12(11)22-15)14(21)10-4-6-18(3)13(20)8-10/h4,6,8H,5,7,9H2,1-3H3. The molecule has 3 rings (SSSR count). The number of amides is 1. The van der Waals surface area contributed by atoms with E-state index in [4.69, 9.17) is 0 Å². The van der Waals surface area contributed by atoms with Gasteiger partial charge in [0, 0.05) is 56.8 Å². The fourth-order valence-corrected chi connectivity index (χ4v) is 3.46. The Kier molecular flexibility index (Phi) is 3.74. The lowest BCUT2D eigenvalue weighted by Crippen LogP contribution is -2.36. The average Bonchev–Trinajstić information content (AvgIpc) is 2.92. The highest BCUT2D eigenvalue weighted by molar-refractivity contribution is 7.15. The van der Waals surface area contributed by atoms with E-state index in [1.165, 1.54) is 10.6 Å². The van der Waals surface area contributed by atoms with Crippen LogP contribution in [0.3, 0.4) is 0 Å². The summed E-state index contributed by atoms with van der Waals surface area (Å²) in [6.07, 6.45) is 2.39. The van der Waals surface area contributed by atoms with Crippen LogP contribution in [0.2, 0.25) is 0 Å². The maximum Gasteiger partial charge on any atom is 0.254 e. The van der Waals surface area contributed by atoms with E-state index in [0.29, 0.717) is 18.7 Å². The lowest BCUT2D eigenvalue weighted by Gasteiger charge is -2.26. The summed E-state index contributed by atoms with van der Waals surface area (Å²) >= 11 is 1.62. The number of hydrogen-bond donors (Lipinski definition) is 0. The zero-order chi connectivity index (χ0) is 15.9. The number of carbonyl (C=O) groups excluding carboxylic acids is 1. The second-order valence-electron chi connectivity index (χ2n) is 5.60. The number of fused-ring (bicyclic) bond motifs is 1. The minimum Gasteiger partial charge on any atom is -0.354 e. The van der Waals surface area contributed by atoms with Gasteiger partial charge in [0.25, 0.3) is 11.5 Å². The van der Waals surface area contributed by atoms with Gasteiger partial charge in [0.1, 0.15) is 0 Å². The van der Waals surface area contributed by atoms with E-state index in [0.717, 1.165) is 22.1 Å². The molecule has 116 valence electrons. The third-order valence-electron chi connectivity index (χ3n) is 3.74. The highest BCUT2D eigenvalue weighted by Gasteiger charge is 2.25.